The topological polar surface area (TPSA) is 31.4 Å². The fraction of sp³-hybridized carbons (Fsp3) is 0.522. The van der Waals surface area contributed by atoms with E-state index in [9.17, 15) is 4.39 Å². The van der Waals surface area contributed by atoms with E-state index in [4.69, 9.17) is 21.1 Å². The second-order valence-electron chi connectivity index (χ2n) is 8.24. The average Bonchev–Trinajstić information content (AvgIpc) is 3.13. The molecule has 2 unspecified atom stereocenters. The molecule has 3 nitrogen and oxygen atoms in total. The van der Waals surface area contributed by atoms with E-state index in [1.165, 1.54) is 17.8 Å². The molecule has 0 saturated carbocycles. The summed E-state index contributed by atoms with van der Waals surface area (Å²) in [5, 5.41) is 0.789. The third-order valence-corrected chi connectivity index (χ3v) is 6.48. The minimum absolute atomic E-state index is 0.0754. The van der Waals surface area contributed by atoms with Crippen LogP contribution >= 0.6 is 11.6 Å². The van der Waals surface area contributed by atoms with Gasteiger partial charge in [0.1, 0.15) is 5.82 Å². The maximum absolute atomic E-state index is 13.5. The van der Waals surface area contributed by atoms with Crippen LogP contribution in [0.3, 0.4) is 0 Å². The van der Waals surface area contributed by atoms with Gasteiger partial charge < -0.3 is 9.47 Å². The van der Waals surface area contributed by atoms with Crippen LogP contribution in [0.4, 0.5) is 4.39 Å². The van der Waals surface area contributed by atoms with E-state index in [0.717, 1.165) is 62.3 Å². The Bertz CT molecular complexity index is 791. The van der Waals surface area contributed by atoms with Gasteiger partial charge in [-0.2, -0.15) is 0 Å². The zero-order valence-electron chi connectivity index (χ0n) is 16.1. The van der Waals surface area contributed by atoms with Crippen molar-refractivity contribution in [3.8, 4) is 0 Å². The molecule has 3 heterocycles. The molecule has 1 aromatic heterocycles. The largest absolute Gasteiger partial charge is 0.378 e. The van der Waals surface area contributed by atoms with Crippen molar-refractivity contribution >= 4 is 11.6 Å². The summed E-state index contributed by atoms with van der Waals surface area (Å²) >= 11 is 6.10. The molecule has 2 saturated heterocycles. The molecule has 0 amide bonds. The van der Waals surface area contributed by atoms with Crippen molar-refractivity contribution in [2.45, 2.75) is 56.0 Å². The van der Waals surface area contributed by atoms with Gasteiger partial charge >= 0.3 is 0 Å². The van der Waals surface area contributed by atoms with Gasteiger partial charge in [-0.15, -0.1) is 0 Å². The van der Waals surface area contributed by atoms with Gasteiger partial charge in [-0.05, 0) is 61.9 Å². The zero-order chi connectivity index (χ0) is 19.5. The van der Waals surface area contributed by atoms with Crippen molar-refractivity contribution in [2.24, 2.45) is 0 Å². The molecule has 1 aromatic carbocycles. The van der Waals surface area contributed by atoms with Gasteiger partial charge in [0, 0.05) is 35.8 Å². The Kier molecular flexibility index (Phi) is 6.00. The monoisotopic (exact) mass is 403 g/mol. The highest BCUT2D eigenvalue weighted by Gasteiger charge is 2.49. The summed E-state index contributed by atoms with van der Waals surface area (Å²) < 4.78 is 25.3. The molecule has 2 aliphatic rings. The molecule has 2 aliphatic heterocycles. The fourth-order valence-electron chi connectivity index (χ4n) is 4.80. The first-order valence-electron chi connectivity index (χ1n) is 10.2. The molecule has 2 aromatic rings. The van der Waals surface area contributed by atoms with Crippen LogP contribution in [0, 0.1) is 5.82 Å². The van der Waals surface area contributed by atoms with E-state index >= 15 is 0 Å². The van der Waals surface area contributed by atoms with Crippen LogP contribution in [0.1, 0.15) is 49.8 Å². The Hall–Kier alpha value is -1.49. The average molecular weight is 404 g/mol. The molecule has 5 heteroatoms. The van der Waals surface area contributed by atoms with Crippen LogP contribution in [-0.4, -0.2) is 30.4 Å². The second-order valence-corrected chi connectivity index (χ2v) is 8.68. The van der Waals surface area contributed by atoms with Gasteiger partial charge in [0.25, 0.3) is 0 Å². The lowest BCUT2D eigenvalue weighted by Gasteiger charge is -2.45. The first kappa shape index (κ1) is 19.8. The number of halogens is 2. The zero-order valence-corrected chi connectivity index (χ0v) is 16.9. The van der Waals surface area contributed by atoms with Crippen LogP contribution in [0.5, 0.6) is 0 Å². The summed E-state index contributed by atoms with van der Waals surface area (Å²) in [5.41, 5.74) is 1.98. The minimum atomic E-state index is -0.286. The number of nitrogens with zero attached hydrogens (tertiary/aromatic N) is 1. The highest BCUT2D eigenvalue weighted by Crippen LogP contribution is 2.47. The van der Waals surface area contributed by atoms with E-state index < -0.39 is 0 Å². The molecule has 150 valence electrons. The maximum atomic E-state index is 13.5. The number of pyridine rings is 1. The molecule has 28 heavy (non-hydrogen) atoms. The van der Waals surface area contributed by atoms with Crippen LogP contribution in [0.2, 0.25) is 5.02 Å². The molecule has 0 aliphatic carbocycles. The third kappa shape index (κ3) is 4.40. The van der Waals surface area contributed by atoms with E-state index in [1.54, 1.807) is 0 Å². The predicted octanol–water partition coefficient (Wildman–Crippen LogP) is 5.49. The van der Waals surface area contributed by atoms with Crippen LogP contribution < -0.4 is 0 Å². The molecule has 0 bridgehead atoms. The summed E-state index contributed by atoms with van der Waals surface area (Å²) in [6.45, 7) is 2.11. The normalized spacial score (nSPS) is 27.4. The molecular weight excluding hydrogens is 377 g/mol. The van der Waals surface area contributed by atoms with Gasteiger partial charge in [-0.25, -0.2) is 4.39 Å². The van der Waals surface area contributed by atoms with Crippen molar-refractivity contribution < 1.29 is 13.9 Å². The van der Waals surface area contributed by atoms with Gasteiger partial charge in [0.15, 0.2) is 0 Å². The van der Waals surface area contributed by atoms with E-state index in [1.807, 2.05) is 24.3 Å². The van der Waals surface area contributed by atoms with Crippen molar-refractivity contribution in [3.05, 3.63) is 64.7 Å². The summed E-state index contributed by atoms with van der Waals surface area (Å²) in [6.07, 6.45) is 8.31. The first-order valence-corrected chi connectivity index (χ1v) is 10.6. The number of aromatic nitrogens is 1. The number of hydrogen-bond acceptors (Lipinski definition) is 3. The number of aryl methyl sites for hydroxylation is 1. The molecule has 0 N–H and O–H groups in total. The quantitative estimate of drug-likeness (QED) is 0.597. The standard InChI is InChI=1S/C23H27ClFNO2/c24-19-6-3-5-18(14-19)4-1-2-9-22(21-8-7-20(25)15-26-21)10-13-28-23(16-22)11-12-27-17-23/h3,5-8,14-15H,1-2,4,9-13,16-17H2. The van der Waals surface area contributed by atoms with E-state index in [-0.39, 0.29) is 16.8 Å². The minimum Gasteiger partial charge on any atom is -0.378 e. The summed E-state index contributed by atoms with van der Waals surface area (Å²) in [4.78, 5) is 4.49. The Labute approximate surface area is 171 Å². The van der Waals surface area contributed by atoms with Gasteiger partial charge in [-0.1, -0.05) is 30.2 Å². The Morgan fingerprint density at radius 1 is 1.11 bits per heavy atom. The van der Waals surface area contributed by atoms with Crippen molar-refractivity contribution in [3.63, 3.8) is 0 Å². The number of hydrogen-bond donors (Lipinski definition) is 0. The third-order valence-electron chi connectivity index (χ3n) is 6.25. The molecule has 1 spiro atoms. The van der Waals surface area contributed by atoms with Gasteiger partial charge in [0.2, 0.25) is 0 Å². The van der Waals surface area contributed by atoms with Crippen molar-refractivity contribution in [1.29, 1.82) is 0 Å². The predicted molar refractivity (Wildman–Crippen MR) is 108 cm³/mol. The summed E-state index contributed by atoms with van der Waals surface area (Å²) in [7, 11) is 0. The molecule has 2 fully saturated rings. The van der Waals surface area contributed by atoms with Gasteiger partial charge in [-0.3, -0.25) is 4.98 Å². The first-order chi connectivity index (χ1) is 13.6. The summed E-state index contributed by atoms with van der Waals surface area (Å²) in [6, 6.07) is 11.5. The highest BCUT2D eigenvalue weighted by molar-refractivity contribution is 6.30. The number of rotatable bonds is 6. The lowest BCUT2D eigenvalue weighted by molar-refractivity contribution is -0.109. The number of ether oxygens (including phenoxy) is 2. The van der Waals surface area contributed by atoms with E-state index in [2.05, 4.69) is 11.1 Å². The summed E-state index contributed by atoms with van der Waals surface area (Å²) in [5.74, 6) is -0.286. The lowest BCUT2D eigenvalue weighted by atomic mass is 9.67. The number of benzene rings is 1. The molecular formula is C23H27ClFNO2. The maximum Gasteiger partial charge on any atom is 0.141 e. The smallest absolute Gasteiger partial charge is 0.141 e. The molecule has 0 radical (unpaired) electrons. The Morgan fingerprint density at radius 2 is 2.04 bits per heavy atom. The van der Waals surface area contributed by atoms with Crippen LogP contribution in [0.25, 0.3) is 0 Å². The Balaban J connectivity index is 1.47. The fourth-order valence-corrected chi connectivity index (χ4v) is 5.01. The SMILES string of the molecule is Fc1ccc(C2(CCCCc3cccc(Cl)c3)CCOC3(CCOC3)C2)nc1. The van der Waals surface area contributed by atoms with Gasteiger partial charge in [0.05, 0.1) is 18.4 Å². The van der Waals surface area contributed by atoms with Crippen molar-refractivity contribution in [1.82, 2.24) is 4.98 Å². The highest BCUT2D eigenvalue weighted by atomic mass is 35.5. The van der Waals surface area contributed by atoms with Crippen molar-refractivity contribution in [2.75, 3.05) is 19.8 Å². The molecule has 2 atom stereocenters. The Morgan fingerprint density at radius 3 is 2.79 bits per heavy atom. The second kappa shape index (κ2) is 8.48. The lowest BCUT2D eigenvalue weighted by Crippen LogP contribution is -2.48. The number of unbranched alkanes of at least 4 members (excludes halogenated alkanes) is 1. The van der Waals surface area contributed by atoms with E-state index in [0.29, 0.717) is 13.2 Å². The van der Waals surface area contributed by atoms with Crippen LogP contribution in [0.15, 0.2) is 42.6 Å². The van der Waals surface area contributed by atoms with Crippen LogP contribution in [-0.2, 0) is 21.3 Å². The molecule has 4 rings (SSSR count).